The molecule has 8 nitrogen and oxygen atoms in total. The summed E-state index contributed by atoms with van der Waals surface area (Å²) in [6.45, 7) is 3.74. The van der Waals surface area contributed by atoms with E-state index in [4.69, 9.17) is 4.74 Å². The fourth-order valence-electron chi connectivity index (χ4n) is 7.49. The highest BCUT2D eigenvalue weighted by Gasteiger charge is 2.56. The molecule has 1 N–H and O–H groups in total. The lowest BCUT2D eigenvalue weighted by atomic mass is 9.59. The first-order chi connectivity index (χ1) is 22.2. The number of rotatable bonds is 6. The summed E-state index contributed by atoms with van der Waals surface area (Å²) in [5, 5.41) is 10.4. The number of nitrogens with zero attached hydrogens (tertiary/aromatic N) is 1. The first-order valence-corrected chi connectivity index (χ1v) is 15.4. The van der Waals surface area contributed by atoms with Crippen LogP contribution in [-0.4, -0.2) is 40.9 Å². The van der Waals surface area contributed by atoms with Crippen LogP contribution in [0, 0.1) is 17.8 Å². The lowest BCUT2D eigenvalue weighted by Gasteiger charge is -2.42. The Kier molecular flexibility index (Phi) is 7.15. The predicted molar refractivity (Wildman–Crippen MR) is 169 cm³/mol. The van der Waals surface area contributed by atoms with Gasteiger partial charge in [0, 0.05) is 33.8 Å². The Balaban J connectivity index is 1.26. The van der Waals surface area contributed by atoms with Gasteiger partial charge in [-0.3, -0.25) is 28.9 Å². The van der Waals surface area contributed by atoms with Gasteiger partial charge in [0.25, 0.3) is 0 Å². The molecule has 0 bridgehead atoms. The van der Waals surface area contributed by atoms with Crippen molar-refractivity contribution in [2.75, 3.05) is 11.5 Å². The van der Waals surface area contributed by atoms with Crippen LogP contribution in [0.2, 0.25) is 0 Å². The minimum atomic E-state index is -0.729. The Hall–Kier alpha value is -5.37. The average molecular weight is 614 g/mol. The summed E-state index contributed by atoms with van der Waals surface area (Å²) in [5.41, 5.74) is 3.92. The van der Waals surface area contributed by atoms with Crippen LogP contribution >= 0.6 is 0 Å². The van der Waals surface area contributed by atoms with Crippen LogP contribution in [0.1, 0.15) is 54.1 Å². The lowest BCUT2D eigenvalue weighted by molar-refractivity contribution is -0.123. The molecular weight excluding hydrogens is 582 g/mol. The number of anilines is 1. The number of Topliss-reactive ketones (excluding diaryl/α,β-unsaturated/α-hetero) is 1. The number of hydrogen-bond donors (Lipinski definition) is 1. The lowest BCUT2D eigenvalue weighted by Crippen LogP contribution is -2.39. The third-order valence-electron chi connectivity index (χ3n) is 9.61. The van der Waals surface area contributed by atoms with Crippen LogP contribution in [0.3, 0.4) is 0 Å². The van der Waals surface area contributed by atoms with Gasteiger partial charge in [-0.15, -0.1) is 0 Å². The van der Waals surface area contributed by atoms with E-state index in [0.29, 0.717) is 52.1 Å². The molecule has 7 rings (SSSR count). The molecule has 1 aliphatic heterocycles. The summed E-state index contributed by atoms with van der Waals surface area (Å²) in [7, 11) is 0. The molecule has 3 aromatic rings. The monoisotopic (exact) mass is 613 g/mol. The first kappa shape index (κ1) is 29.3. The summed E-state index contributed by atoms with van der Waals surface area (Å²) in [4.78, 5) is 69.2. The topological polar surface area (TPSA) is 118 Å². The van der Waals surface area contributed by atoms with Gasteiger partial charge < -0.3 is 9.84 Å². The van der Waals surface area contributed by atoms with E-state index in [0.717, 1.165) is 5.57 Å². The zero-order valence-electron chi connectivity index (χ0n) is 25.4. The summed E-state index contributed by atoms with van der Waals surface area (Å²) >= 11 is 0. The van der Waals surface area contributed by atoms with E-state index in [-0.39, 0.29) is 47.1 Å². The van der Waals surface area contributed by atoms with Gasteiger partial charge in [0.15, 0.2) is 28.8 Å². The van der Waals surface area contributed by atoms with Gasteiger partial charge >= 0.3 is 0 Å². The normalized spacial score (nSPS) is 23.8. The fourth-order valence-corrected chi connectivity index (χ4v) is 7.49. The Morgan fingerprint density at radius 3 is 2.35 bits per heavy atom. The molecule has 4 unspecified atom stereocenters. The van der Waals surface area contributed by atoms with E-state index >= 15 is 0 Å². The molecule has 0 radical (unpaired) electrons. The molecular formula is C38H31NO7. The molecule has 4 aliphatic rings. The largest absolute Gasteiger partial charge is 0.504 e. The average Bonchev–Trinajstić information content (AvgIpc) is 3.33. The number of carbonyl (C=O) groups excluding carboxylic acids is 5. The Morgan fingerprint density at radius 1 is 0.913 bits per heavy atom. The van der Waals surface area contributed by atoms with Crippen LogP contribution in [0.25, 0.3) is 0 Å². The molecule has 8 heteroatoms. The molecule has 1 saturated heterocycles. The minimum Gasteiger partial charge on any atom is -0.504 e. The van der Waals surface area contributed by atoms with Crippen molar-refractivity contribution in [2.24, 2.45) is 17.8 Å². The second-order valence-corrected chi connectivity index (χ2v) is 12.1. The number of hydrogen-bond acceptors (Lipinski definition) is 7. The number of ketones is 3. The highest BCUT2D eigenvalue weighted by Crippen LogP contribution is 2.56. The Morgan fingerprint density at radius 2 is 1.63 bits per heavy atom. The summed E-state index contributed by atoms with van der Waals surface area (Å²) in [6, 6.07) is 20.2. The number of amides is 2. The maximum Gasteiger partial charge on any atom is 0.238 e. The number of fused-ring (bicyclic) bond motifs is 3. The van der Waals surface area contributed by atoms with Crippen molar-refractivity contribution in [3.8, 4) is 11.5 Å². The van der Waals surface area contributed by atoms with Gasteiger partial charge in [0.05, 0.1) is 24.1 Å². The highest BCUT2D eigenvalue weighted by atomic mass is 16.5. The molecule has 1 heterocycles. The van der Waals surface area contributed by atoms with E-state index < -0.39 is 23.7 Å². The van der Waals surface area contributed by atoms with Gasteiger partial charge in [-0.1, -0.05) is 48.0 Å². The van der Waals surface area contributed by atoms with Crippen molar-refractivity contribution < 1.29 is 33.8 Å². The van der Waals surface area contributed by atoms with Crippen LogP contribution in [0.4, 0.5) is 5.69 Å². The van der Waals surface area contributed by atoms with E-state index in [1.54, 1.807) is 74.5 Å². The molecule has 0 saturated carbocycles. The van der Waals surface area contributed by atoms with Crippen molar-refractivity contribution >= 4 is 34.9 Å². The molecule has 46 heavy (non-hydrogen) atoms. The van der Waals surface area contributed by atoms with Gasteiger partial charge in [-0.05, 0) is 80.6 Å². The predicted octanol–water partition coefficient (Wildman–Crippen LogP) is 5.66. The molecule has 0 aromatic heterocycles. The van der Waals surface area contributed by atoms with Gasteiger partial charge in [0.1, 0.15) is 0 Å². The van der Waals surface area contributed by atoms with Crippen LogP contribution in [-0.2, 0) is 19.2 Å². The van der Waals surface area contributed by atoms with E-state index in [1.165, 1.54) is 17.0 Å². The zero-order chi connectivity index (χ0) is 32.3. The number of imide groups is 1. The number of ether oxygens (including phenoxy) is 1. The Bertz CT molecular complexity index is 1930. The quantitative estimate of drug-likeness (QED) is 0.165. The van der Waals surface area contributed by atoms with Crippen molar-refractivity contribution in [2.45, 2.75) is 32.6 Å². The molecule has 2 amide bonds. The summed E-state index contributed by atoms with van der Waals surface area (Å²) in [6.07, 6.45) is 3.77. The van der Waals surface area contributed by atoms with Crippen LogP contribution < -0.4 is 9.64 Å². The number of allylic oxidation sites excluding steroid dienone is 6. The van der Waals surface area contributed by atoms with Crippen LogP contribution in [0.5, 0.6) is 11.5 Å². The molecule has 230 valence electrons. The molecule has 3 aromatic carbocycles. The number of phenols is 1. The number of phenolic OH excluding ortho intramolecular Hbond substituents is 1. The summed E-state index contributed by atoms with van der Waals surface area (Å²) < 4.78 is 5.65. The third kappa shape index (κ3) is 4.55. The SMILES string of the molecule is CCOc1cc(C2C3=CCC4C(=O)N(c5ccc(C(=O)c6ccccc6)cc5)C(=O)C4C3CC3=C2C(=O)C(C)=CC3=O)ccc1O. The van der Waals surface area contributed by atoms with Crippen molar-refractivity contribution in [1.82, 2.24) is 0 Å². The maximum atomic E-state index is 14.2. The first-order valence-electron chi connectivity index (χ1n) is 15.4. The number of benzene rings is 3. The standard InChI is InChI=1S/C38H31NO7/c1-3-46-31-18-23(11-16-29(31)40)32-25-14-15-26-33(27(25)19-28-30(41)17-20(2)35(42)34(28)32)38(45)39(37(26)44)24-12-9-22(10-13-24)36(43)21-7-5-4-6-8-21/h4-14,16-18,26-27,32-33,40H,3,15,19H2,1-2H3. The highest BCUT2D eigenvalue weighted by molar-refractivity contribution is 6.25. The molecule has 1 fully saturated rings. The zero-order valence-corrected chi connectivity index (χ0v) is 25.4. The second-order valence-electron chi connectivity index (χ2n) is 12.1. The fraction of sp³-hybridized carbons (Fsp3) is 0.237. The minimum absolute atomic E-state index is 0.0457. The van der Waals surface area contributed by atoms with E-state index in [1.807, 2.05) is 12.1 Å². The second kappa shape index (κ2) is 11.2. The van der Waals surface area contributed by atoms with Gasteiger partial charge in [-0.25, -0.2) is 0 Å². The smallest absolute Gasteiger partial charge is 0.238 e. The van der Waals surface area contributed by atoms with E-state index in [9.17, 15) is 29.1 Å². The third-order valence-corrected chi connectivity index (χ3v) is 9.61. The molecule has 4 atom stereocenters. The molecule has 3 aliphatic carbocycles. The number of aromatic hydroxyl groups is 1. The van der Waals surface area contributed by atoms with Crippen molar-refractivity contribution in [1.29, 1.82) is 0 Å². The number of carbonyl (C=O) groups is 5. The van der Waals surface area contributed by atoms with Gasteiger partial charge in [-0.2, -0.15) is 0 Å². The van der Waals surface area contributed by atoms with Crippen LogP contribution in [0.15, 0.2) is 107 Å². The summed E-state index contributed by atoms with van der Waals surface area (Å²) in [5.74, 6) is -3.63. The van der Waals surface area contributed by atoms with Crippen molar-refractivity contribution in [3.05, 3.63) is 124 Å². The van der Waals surface area contributed by atoms with Gasteiger partial charge in [0.2, 0.25) is 11.8 Å². The van der Waals surface area contributed by atoms with Crippen molar-refractivity contribution in [3.63, 3.8) is 0 Å². The molecule has 0 spiro atoms. The maximum absolute atomic E-state index is 14.2. The Labute approximate surface area is 265 Å². The van der Waals surface area contributed by atoms with E-state index in [2.05, 4.69) is 0 Å².